The average molecular weight is 392 g/mol. The normalized spacial score (nSPS) is 23.7. The van der Waals surface area contributed by atoms with Crippen molar-refractivity contribution in [2.24, 2.45) is 0 Å². The lowest BCUT2D eigenvalue weighted by Gasteiger charge is -2.29. The second-order valence-electron chi connectivity index (χ2n) is 6.46. The number of amides is 2. The summed E-state index contributed by atoms with van der Waals surface area (Å²) in [5, 5.41) is 2.53. The van der Waals surface area contributed by atoms with E-state index in [2.05, 4.69) is 10.1 Å². The van der Waals surface area contributed by atoms with E-state index in [1.807, 2.05) is 6.92 Å². The molecule has 0 bridgehead atoms. The smallest absolute Gasteiger partial charge is 0.339 e. The lowest BCUT2D eigenvalue weighted by Crippen LogP contribution is -2.47. The van der Waals surface area contributed by atoms with Gasteiger partial charge in [0.1, 0.15) is 6.04 Å². The first kappa shape index (κ1) is 19.2. The molecule has 2 aliphatic rings. The summed E-state index contributed by atoms with van der Waals surface area (Å²) in [4.78, 5) is 49.5. The Morgan fingerprint density at radius 1 is 1.33 bits per heavy atom. The number of carbonyl (C=O) groups excluding carboxylic acids is 4. The van der Waals surface area contributed by atoms with E-state index in [9.17, 15) is 19.2 Å². The third-order valence-corrected chi connectivity index (χ3v) is 6.17. The highest BCUT2D eigenvalue weighted by molar-refractivity contribution is 8.01. The quantitative estimate of drug-likeness (QED) is 0.756. The summed E-state index contributed by atoms with van der Waals surface area (Å²) in [5.41, 5.74) is 0.467. The van der Waals surface area contributed by atoms with Gasteiger partial charge in [-0.25, -0.2) is 9.59 Å². The highest BCUT2D eigenvalue weighted by Gasteiger charge is 2.53. The van der Waals surface area contributed by atoms with Gasteiger partial charge in [-0.2, -0.15) is 0 Å². The van der Waals surface area contributed by atoms with Gasteiger partial charge < -0.3 is 19.7 Å². The molecule has 2 aliphatic heterocycles. The van der Waals surface area contributed by atoms with E-state index in [1.165, 1.54) is 13.2 Å². The maximum absolute atomic E-state index is 12.4. The molecule has 0 unspecified atom stereocenters. The maximum Gasteiger partial charge on any atom is 0.339 e. The van der Waals surface area contributed by atoms with Crippen LogP contribution in [0, 0.1) is 0 Å². The van der Waals surface area contributed by atoms with Crippen LogP contribution >= 0.6 is 11.8 Å². The molecule has 0 aliphatic carbocycles. The summed E-state index contributed by atoms with van der Waals surface area (Å²) in [6, 6.07) is 5.69. The Kier molecular flexibility index (Phi) is 5.41. The summed E-state index contributed by atoms with van der Waals surface area (Å²) < 4.78 is 9.78. The zero-order valence-corrected chi connectivity index (χ0v) is 15.8. The molecule has 27 heavy (non-hydrogen) atoms. The molecule has 1 N–H and O–H groups in total. The molecule has 3 rings (SSSR count). The molecule has 1 aromatic carbocycles. The van der Waals surface area contributed by atoms with Crippen molar-refractivity contribution in [3.63, 3.8) is 0 Å². The number of methoxy groups -OCH3 is 1. The number of nitrogens with zero attached hydrogens (tertiary/aromatic N) is 1. The number of anilines is 1. The number of para-hydroxylation sites is 1. The number of benzene rings is 1. The topological polar surface area (TPSA) is 102 Å². The number of rotatable bonds is 5. The lowest BCUT2D eigenvalue weighted by atomic mass is 10.2. The summed E-state index contributed by atoms with van der Waals surface area (Å²) in [6.45, 7) is 1.43. The molecule has 0 saturated carbocycles. The van der Waals surface area contributed by atoms with Crippen molar-refractivity contribution < 1.29 is 28.7 Å². The van der Waals surface area contributed by atoms with Gasteiger partial charge in [0.25, 0.3) is 5.91 Å². The molecule has 0 spiro atoms. The molecule has 0 aromatic heterocycles. The van der Waals surface area contributed by atoms with E-state index < -0.39 is 30.5 Å². The van der Waals surface area contributed by atoms with Crippen molar-refractivity contribution in [2.45, 2.75) is 30.7 Å². The van der Waals surface area contributed by atoms with Gasteiger partial charge in [0.2, 0.25) is 5.91 Å². The first-order valence-corrected chi connectivity index (χ1v) is 9.44. The fourth-order valence-electron chi connectivity index (χ4n) is 3.29. The van der Waals surface area contributed by atoms with Crippen LogP contribution in [0.5, 0.6) is 0 Å². The van der Waals surface area contributed by atoms with Crippen molar-refractivity contribution in [2.75, 3.05) is 24.8 Å². The highest BCUT2D eigenvalue weighted by Crippen LogP contribution is 2.47. The number of carbonyl (C=O) groups is 4. The van der Waals surface area contributed by atoms with Crippen LogP contribution in [0.15, 0.2) is 24.3 Å². The summed E-state index contributed by atoms with van der Waals surface area (Å²) in [6.07, 6.45) is 1.11. The van der Waals surface area contributed by atoms with Crippen LogP contribution in [0.25, 0.3) is 0 Å². The minimum absolute atomic E-state index is 0.0686. The van der Waals surface area contributed by atoms with E-state index in [0.29, 0.717) is 18.6 Å². The summed E-state index contributed by atoms with van der Waals surface area (Å²) >= 11 is 1.55. The molecule has 144 valence electrons. The molecule has 8 nitrogen and oxygen atoms in total. The van der Waals surface area contributed by atoms with Gasteiger partial charge in [-0.3, -0.25) is 9.59 Å². The van der Waals surface area contributed by atoms with E-state index in [1.54, 1.807) is 34.9 Å². The Balaban J connectivity index is 1.58. The van der Waals surface area contributed by atoms with Gasteiger partial charge >= 0.3 is 11.9 Å². The standard InChI is InChI=1S/C18H20N2O6S/c1-18-8-7-15(22)20(18)13(10-27-18)17(24)26-9-14(21)19-12-6-4-3-5-11(12)16(23)25-2/h3-6,13H,7-10H2,1-2H3,(H,19,21)/t13-,18+/m1/s1. The molecular weight excluding hydrogens is 372 g/mol. The Bertz CT molecular complexity index is 798. The highest BCUT2D eigenvalue weighted by atomic mass is 32.2. The number of esters is 2. The molecule has 2 saturated heterocycles. The second-order valence-corrected chi connectivity index (χ2v) is 7.96. The SMILES string of the molecule is COC(=O)c1ccccc1NC(=O)COC(=O)[C@H]1CS[C@@]2(C)CCC(=O)N12. The van der Waals surface area contributed by atoms with Gasteiger partial charge in [-0.15, -0.1) is 11.8 Å². The predicted molar refractivity (Wildman–Crippen MR) is 98.1 cm³/mol. The second kappa shape index (κ2) is 7.59. The Hall–Kier alpha value is -2.55. The van der Waals surface area contributed by atoms with E-state index in [-0.39, 0.29) is 22.0 Å². The number of fused-ring (bicyclic) bond motifs is 1. The number of hydrogen-bond donors (Lipinski definition) is 1. The van der Waals surface area contributed by atoms with Gasteiger partial charge in [0, 0.05) is 12.2 Å². The first-order valence-electron chi connectivity index (χ1n) is 8.45. The number of ether oxygens (including phenoxy) is 2. The predicted octanol–water partition coefficient (Wildman–Crippen LogP) is 1.41. The first-order chi connectivity index (χ1) is 12.9. The van der Waals surface area contributed by atoms with Crippen molar-refractivity contribution >= 4 is 41.2 Å². The van der Waals surface area contributed by atoms with Crippen LogP contribution in [-0.2, 0) is 23.9 Å². The molecule has 2 amide bonds. The zero-order chi connectivity index (χ0) is 19.6. The monoisotopic (exact) mass is 392 g/mol. The van der Waals surface area contributed by atoms with Crippen LogP contribution < -0.4 is 5.32 Å². The van der Waals surface area contributed by atoms with E-state index >= 15 is 0 Å². The minimum Gasteiger partial charge on any atom is -0.465 e. The largest absolute Gasteiger partial charge is 0.465 e. The number of nitrogens with one attached hydrogen (secondary N) is 1. The van der Waals surface area contributed by atoms with Crippen molar-refractivity contribution in [3.05, 3.63) is 29.8 Å². The fourth-order valence-corrected chi connectivity index (χ4v) is 4.71. The molecule has 0 radical (unpaired) electrons. The fraction of sp³-hybridized carbons (Fsp3) is 0.444. The van der Waals surface area contributed by atoms with Gasteiger partial charge in [0.05, 0.1) is 23.2 Å². The minimum atomic E-state index is -0.676. The molecule has 9 heteroatoms. The zero-order valence-electron chi connectivity index (χ0n) is 15.0. The van der Waals surface area contributed by atoms with Crippen LogP contribution in [0.2, 0.25) is 0 Å². The van der Waals surface area contributed by atoms with Crippen molar-refractivity contribution in [3.8, 4) is 0 Å². The van der Waals surface area contributed by atoms with Gasteiger partial charge in [-0.05, 0) is 25.5 Å². The number of thioether (sulfide) groups is 1. The Labute approximate surface area is 160 Å². The molecule has 2 fully saturated rings. The van der Waals surface area contributed by atoms with E-state index in [4.69, 9.17) is 4.74 Å². The molecule has 1 aromatic rings. The third kappa shape index (κ3) is 3.78. The molecule has 2 heterocycles. The summed E-state index contributed by atoms with van der Waals surface area (Å²) in [7, 11) is 1.25. The van der Waals surface area contributed by atoms with E-state index in [0.717, 1.165) is 0 Å². The van der Waals surface area contributed by atoms with Crippen LogP contribution in [0.4, 0.5) is 5.69 Å². The maximum atomic E-state index is 12.4. The number of hydrogen-bond acceptors (Lipinski definition) is 7. The van der Waals surface area contributed by atoms with Crippen LogP contribution in [0.3, 0.4) is 0 Å². The van der Waals surface area contributed by atoms with Gasteiger partial charge in [0.15, 0.2) is 6.61 Å². The Morgan fingerprint density at radius 2 is 2.07 bits per heavy atom. The molecule has 2 atom stereocenters. The summed E-state index contributed by atoms with van der Waals surface area (Å²) in [5.74, 6) is -1.38. The average Bonchev–Trinajstić information content (AvgIpc) is 3.15. The van der Waals surface area contributed by atoms with Gasteiger partial charge in [-0.1, -0.05) is 12.1 Å². The third-order valence-electron chi connectivity index (χ3n) is 4.67. The van der Waals surface area contributed by atoms with Crippen LogP contribution in [-0.4, -0.2) is 59.0 Å². The Morgan fingerprint density at radius 3 is 2.81 bits per heavy atom. The van der Waals surface area contributed by atoms with Crippen molar-refractivity contribution in [1.82, 2.24) is 4.90 Å². The molecular formula is C18H20N2O6S. The van der Waals surface area contributed by atoms with Crippen molar-refractivity contribution in [1.29, 1.82) is 0 Å². The lowest BCUT2D eigenvalue weighted by molar-refractivity contribution is -0.155. The van der Waals surface area contributed by atoms with Crippen LogP contribution in [0.1, 0.15) is 30.1 Å².